The predicted molar refractivity (Wildman–Crippen MR) is 99.8 cm³/mol. The monoisotopic (exact) mass is 438 g/mol. The number of amides is 1. The molecule has 1 aromatic carbocycles. The molecular weight excluding hydrogens is 423 g/mol. The standard InChI is InChI=1S/C16H15FN6OS.BrH/c1-9-13-19-20-14(15-18-10(2)21-25-15)23(13)8-7-22(9)16(24)11-3-5-12(17)6-4-11;/h3-6,9H,7-8H2,1-2H3;1H/t9-;/m1./s1. The van der Waals surface area contributed by atoms with E-state index in [2.05, 4.69) is 19.6 Å². The quantitative estimate of drug-likeness (QED) is 0.614. The SMILES string of the molecule is Br.Cc1nsc(-c2nnc3n2CCN(C(=O)c2ccc(F)cc2)[C@@H]3C)n1. The molecule has 0 radical (unpaired) electrons. The van der Waals surface area contributed by atoms with Gasteiger partial charge >= 0.3 is 0 Å². The summed E-state index contributed by atoms with van der Waals surface area (Å²) in [5.74, 6) is 1.59. The zero-order valence-electron chi connectivity index (χ0n) is 14.1. The highest BCUT2D eigenvalue weighted by molar-refractivity contribution is 8.93. The van der Waals surface area contributed by atoms with E-state index in [1.807, 2.05) is 18.4 Å². The second kappa shape index (κ2) is 7.20. The van der Waals surface area contributed by atoms with Gasteiger partial charge in [-0.1, -0.05) is 0 Å². The lowest BCUT2D eigenvalue weighted by Gasteiger charge is -2.33. The number of rotatable bonds is 2. The minimum absolute atomic E-state index is 0. The molecule has 7 nitrogen and oxygen atoms in total. The van der Waals surface area contributed by atoms with Crippen molar-refractivity contribution in [2.75, 3.05) is 6.54 Å². The maximum Gasteiger partial charge on any atom is 0.254 e. The van der Waals surface area contributed by atoms with Gasteiger partial charge in [0.25, 0.3) is 5.91 Å². The molecule has 0 spiro atoms. The number of fused-ring (bicyclic) bond motifs is 1. The van der Waals surface area contributed by atoms with Crippen LogP contribution in [-0.4, -0.2) is 41.5 Å². The van der Waals surface area contributed by atoms with E-state index in [0.717, 1.165) is 5.01 Å². The Morgan fingerprint density at radius 3 is 2.62 bits per heavy atom. The molecule has 0 unspecified atom stereocenters. The number of benzene rings is 1. The summed E-state index contributed by atoms with van der Waals surface area (Å²) in [6.45, 7) is 4.84. The lowest BCUT2D eigenvalue weighted by Crippen LogP contribution is -2.41. The maximum absolute atomic E-state index is 13.1. The zero-order chi connectivity index (χ0) is 17.6. The van der Waals surface area contributed by atoms with Crippen LogP contribution in [0.1, 0.15) is 35.0 Å². The summed E-state index contributed by atoms with van der Waals surface area (Å²) >= 11 is 1.29. The summed E-state index contributed by atoms with van der Waals surface area (Å²) in [6, 6.07) is 5.35. The summed E-state index contributed by atoms with van der Waals surface area (Å²) in [5.41, 5.74) is 0.459. The molecule has 1 aliphatic heterocycles. The fraction of sp³-hybridized carbons (Fsp3) is 0.312. The normalized spacial score (nSPS) is 16.1. The van der Waals surface area contributed by atoms with Crippen molar-refractivity contribution in [3.05, 3.63) is 47.3 Å². The van der Waals surface area contributed by atoms with Gasteiger partial charge in [0.2, 0.25) is 0 Å². The average molecular weight is 439 g/mol. The van der Waals surface area contributed by atoms with Crippen LogP contribution < -0.4 is 0 Å². The first-order chi connectivity index (χ1) is 12.0. The molecule has 1 atom stereocenters. The Balaban J connectivity index is 0.00000196. The molecule has 2 aromatic heterocycles. The molecule has 3 aromatic rings. The van der Waals surface area contributed by atoms with Gasteiger partial charge in [-0.3, -0.25) is 4.79 Å². The second-order valence-electron chi connectivity index (χ2n) is 5.86. The molecule has 1 aliphatic rings. The van der Waals surface area contributed by atoms with Gasteiger partial charge in [-0.25, -0.2) is 9.37 Å². The molecule has 0 fully saturated rings. The molecule has 136 valence electrons. The summed E-state index contributed by atoms with van der Waals surface area (Å²) in [6.07, 6.45) is 0. The largest absolute Gasteiger partial charge is 0.327 e. The molecule has 3 heterocycles. The zero-order valence-corrected chi connectivity index (χ0v) is 16.6. The number of aryl methyl sites for hydroxylation is 1. The van der Waals surface area contributed by atoms with Crippen LogP contribution in [0.2, 0.25) is 0 Å². The van der Waals surface area contributed by atoms with Crippen molar-refractivity contribution in [3.63, 3.8) is 0 Å². The maximum atomic E-state index is 13.1. The number of halogens is 2. The molecule has 0 N–H and O–H groups in total. The van der Waals surface area contributed by atoms with Gasteiger partial charge in [-0.05, 0) is 49.6 Å². The van der Waals surface area contributed by atoms with Crippen molar-refractivity contribution in [1.82, 2.24) is 29.0 Å². The lowest BCUT2D eigenvalue weighted by molar-refractivity contribution is 0.0638. The van der Waals surface area contributed by atoms with Gasteiger partial charge in [0.15, 0.2) is 16.7 Å². The minimum atomic E-state index is -0.361. The first-order valence-corrected chi connectivity index (χ1v) is 8.62. The summed E-state index contributed by atoms with van der Waals surface area (Å²) in [4.78, 5) is 18.8. The van der Waals surface area contributed by atoms with Gasteiger partial charge in [0, 0.05) is 18.7 Å². The third-order valence-electron chi connectivity index (χ3n) is 4.26. The highest BCUT2D eigenvalue weighted by atomic mass is 79.9. The number of aromatic nitrogens is 5. The van der Waals surface area contributed by atoms with Crippen LogP contribution in [0.25, 0.3) is 10.8 Å². The fourth-order valence-electron chi connectivity index (χ4n) is 2.97. The van der Waals surface area contributed by atoms with Gasteiger partial charge in [-0.15, -0.1) is 27.2 Å². The van der Waals surface area contributed by atoms with Crippen LogP contribution in [0.3, 0.4) is 0 Å². The Morgan fingerprint density at radius 1 is 1.23 bits per heavy atom. The smallest absolute Gasteiger partial charge is 0.254 e. The van der Waals surface area contributed by atoms with E-state index < -0.39 is 0 Å². The lowest BCUT2D eigenvalue weighted by atomic mass is 10.1. The number of carbonyl (C=O) groups is 1. The average Bonchev–Trinajstić information content (AvgIpc) is 3.21. The van der Waals surface area contributed by atoms with Gasteiger partial charge < -0.3 is 9.47 Å². The van der Waals surface area contributed by atoms with E-state index in [1.165, 1.54) is 35.8 Å². The highest BCUT2D eigenvalue weighted by Crippen LogP contribution is 2.30. The minimum Gasteiger partial charge on any atom is -0.327 e. The van der Waals surface area contributed by atoms with Crippen molar-refractivity contribution in [1.29, 1.82) is 0 Å². The molecule has 10 heteroatoms. The van der Waals surface area contributed by atoms with Crippen LogP contribution in [-0.2, 0) is 6.54 Å². The number of hydrogen-bond acceptors (Lipinski definition) is 6. The molecule has 0 saturated heterocycles. The van der Waals surface area contributed by atoms with Crippen LogP contribution in [0, 0.1) is 12.7 Å². The van der Waals surface area contributed by atoms with Gasteiger partial charge in [0.1, 0.15) is 11.6 Å². The van der Waals surface area contributed by atoms with Crippen molar-refractivity contribution in [2.24, 2.45) is 0 Å². The first kappa shape index (κ1) is 18.6. The Morgan fingerprint density at radius 2 is 1.96 bits per heavy atom. The van der Waals surface area contributed by atoms with Crippen molar-refractivity contribution >= 4 is 34.4 Å². The Hall–Kier alpha value is -2.20. The van der Waals surface area contributed by atoms with Crippen LogP contribution >= 0.6 is 28.5 Å². The highest BCUT2D eigenvalue weighted by Gasteiger charge is 2.32. The van der Waals surface area contributed by atoms with E-state index in [1.54, 1.807) is 4.90 Å². The van der Waals surface area contributed by atoms with E-state index in [4.69, 9.17) is 0 Å². The summed E-state index contributed by atoms with van der Waals surface area (Å²) in [7, 11) is 0. The summed E-state index contributed by atoms with van der Waals surface area (Å²) in [5, 5.41) is 9.23. The van der Waals surface area contributed by atoms with E-state index in [0.29, 0.717) is 36.1 Å². The van der Waals surface area contributed by atoms with E-state index in [9.17, 15) is 9.18 Å². The number of carbonyl (C=O) groups excluding carboxylic acids is 1. The molecule has 26 heavy (non-hydrogen) atoms. The van der Waals surface area contributed by atoms with Crippen LogP contribution in [0.5, 0.6) is 0 Å². The third-order valence-corrected chi connectivity index (χ3v) is 5.06. The Bertz CT molecular complexity index is 941. The molecule has 0 bridgehead atoms. The first-order valence-electron chi connectivity index (χ1n) is 7.85. The topological polar surface area (TPSA) is 76.8 Å². The van der Waals surface area contributed by atoms with Crippen molar-refractivity contribution in [3.8, 4) is 10.8 Å². The molecule has 4 rings (SSSR count). The van der Waals surface area contributed by atoms with Crippen LogP contribution in [0.15, 0.2) is 24.3 Å². The molecule has 1 amide bonds. The third kappa shape index (κ3) is 3.14. The fourth-order valence-corrected chi connectivity index (χ4v) is 3.63. The van der Waals surface area contributed by atoms with Gasteiger partial charge in [-0.2, -0.15) is 4.37 Å². The van der Waals surface area contributed by atoms with Crippen molar-refractivity contribution in [2.45, 2.75) is 26.4 Å². The number of hydrogen-bond donors (Lipinski definition) is 0. The Labute approximate surface area is 163 Å². The molecule has 0 saturated carbocycles. The molecular formula is C16H16BrFN6OS. The van der Waals surface area contributed by atoms with E-state index >= 15 is 0 Å². The second-order valence-corrected chi connectivity index (χ2v) is 6.61. The number of nitrogens with zero attached hydrogens (tertiary/aromatic N) is 6. The Kier molecular flexibility index (Phi) is 5.15. The predicted octanol–water partition coefficient (Wildman–Crippen LogP) is 3.04. The van der Waals surface area contributed by atoms with E-state index in [-0.39, 0.29) is 34.7 Å². The van der Waals surface area contributed by atoms with Crippen LogP contribution in [0.4, 0.5) is 4.39 Å². The van der Waals surface area contributed by atoms with Gasteiger partial charge in [0.05, 0.1) is 6.04 Å². The molecule has 0 aliphatic carbocycles. The van der Waals surface area contributed by atoms with Crippen molar-refractivity contribution < 1.29 is 9.18 Å². The summed E-state index contributed by atoms with van der Waals surface area (Å²) < 4.78 is 19.2.